The summed E-state index contributed by atoms with van der Waals surface area (Å²) in [5.41, 5.74) is 0. The fourth-order valence-electron chi connectivity index (χ4n) is 1.82. The standard InChI is InChI=1S/C11H20O3/c1-9(14-10(2)12)8-13-11-6-4-3-5-7-11/h9,11H,3-8H2,1-2H3. The average molecular weight is 200 g/mol. The molecule has 1 saturated carbocycles. The molecule has 0 aromatic heterocycles. The van der Waals surface area contributed by atoms with Crippen molar-refractivity contribution in [3.63, 3.8) is 0 Å². The lowest BCUT2D eigenvalue weighted by Gasteiger charge is -2.23. The number of hydrogen-bond donors (Lipinski definition) is 0. The molecule has 1 fully saturated rings. The Kier molecular flexibility index (Phi) is 4.94. The molecule has 0 radical (unpaired) electrons. The molecule has 0 spiro atoms. The van der Waals surface area contributed by atoms with Gasteiger partial charge in [0.2, 0.25) is 0 Å². The number of ether oxygens (including phenoxy) is 2. The number of esters is 1. The van der Waals surface area contributed by atoms with Gasteiger partial charge >= 0.3 is 5.97 Å². The van der Waals surface area contributed by atoms with Crippen molar-refractivity contribution < 1.29 is 14.3 Å². The number of carbonyl (C=O) groups excluding carboxylic acids is 1. The third kappa shape index (κ3) is 4.61. The Morgan fingerprint density at radius 1 is 1.36 bits per heavy atom. The molecule has 0 amide bonds. The van der Waals surface area contributed by atoms with Crippen molar-refractivity contribution in [2.24, 2.45) is 0 Å². The van der Waals surface area contributed by atoms with Crippen LogP contribution in [0.3, 0.4) is 0 Å². The number of carbonyl (C=O) groups is 1. The Balaban J connectivity index is 2.09. The van der Waals surface area contributed by atoms with Gasteiger partial charge in [-0.3, -0.25) is 4.79 Å². The lowest BCUT2D eigenvalue weighted by molar-refractivity contribution is -0.149. The van der Waals surface area contributed by atoms with E-state index in [0.29, 0.717) is 12.7 Å². The minimum atomic E-state index is -0.232. The maximum absolute atomic E-state index is 10.6. The highest BCUT2D eigenvalue weighted by Gasteiger charge is 2.15. The summed E-state index contributed by atoms with van der Waals surface area (Å²) in [4.78, 5) is 10.6. The summed E-state index contributed by atoms with van der Waals surface area (Å²) in [7, 11) is 0. The van der Waals surface area contributed by atoms with Gasteiger partial charge in [0, 0.05) is 6.92 Å². The van der Waals surface area contributed by atoms with Crippen LogP contribution >= 0.6 is 0 Å². The first-order chi connectivity index (χ1) is 6.68. The normalized spacial score (nSPS) is 20.4. The molecule has 3 heteroatoms. The summed E-state index contributed by atoms with van der Waals surface area (Å²) in [6.45, 7) is 3.82. The lowest BCUT2D eigenvalue weighted by Crippen LogP contribution is -2.24. The van der Waals surface area contributed by atoms with E-state index in [1.165, 1.54) is 26.2 Å². The predicted octanol–water partition coefficient (Wildman–Crippen LogP) is 2.29. The molecule has 1 unspecified atom stereocenters. The van der Waals surface area contributed by atoms with Crippen LogP contribution in [0, 0.1) is 0 Å². The summed E-state index contributed by atoms with van der Waals surface area (Å²) >= 11 is 0. The molecule has 0 aromatic carbocycles. The fourth-order valence-corrected chi connectivity index (χ4v) is 1.82. The van der Waals surface area contributed by atoms with Gasteiger partial charge in [0.15, 0.2) is 0 Å². The van der Waals surface area contributed by atoms with Crippen molar-refractivity contribution in [3.05, 3.63) is 0 Å². The topological polar surface area (TPSA) is 35.5 Å². The van der Waals surface area contributed by atoms with Gasteiger partial charge in [-0.1, -0.05) is 19.3 Å². The Bertz CT molecular complexity index is 173. The molecule has 0 aromatic rings. The first-order valence-electron chi connectivity index (χ1n) is 5.47. The van der Waals surface area contributed by atoms with Crippen LogP contribution in [0.4, 0.5) is 0 Å². The summed E-state index contributed by atoms with van der Waals surface area (Å²) in [6.07, 6.45) is 6.47. The Labute approximate surface area is 85.8 Å². The van der Waals surface area contributed by atoms with E-state index >= 15 is 0 Å². The first kappa shape index (κ1) is 11.5. The van der Waals surface area contributed by atoms with E-state index in [9.17, 15) is 4.79 Å². The van der Waals surface area contributed by atoms with E-state index in [1.54, 1.807) is 0 Å². The van der Waals surface area contributed by atoms with Gasteiger partial charge in [0.05, 0.1) is 12.7 Å². The fraction of sp³-hybridized carbons (Fsp3) is 0.909. The monoisotopic (exact) mass is 200 g/mol. The zero-order valence-corrected chi connectivity index (χ0v) is 9.12. The molecule has 1 atom stereocenters. The van der Waals surface area contributed by atoms with Gasteiger partial charge in [-0.2, -0.15) is 0 Å². The Hall–Kier alpha value is -0.570. The number of rotatable bonds is 4. The summed E-state index contributed by atoms with van der Waals surface area (Å²) in [6, 6.07) is 0. The van der Waals surface area contributed by atoms with Crippen molar-refractivity contribution in [1.29, 1.82) is 0 Å². The molecule has 0 aliphatic heterocycles. The Morgan fingerprint density at radius 2 is 2.00 bits per heavy atom. The average Bonchev–Trinajstić information content (AvgIpc) is 2.15. The molecule has 82 valence electrons. The third-order valence-corrected chi connectivity index (χ3v) is 2.49. The van der Waals surface area contributed by atoms with E-state index in [4.69, 9.17) is 9.47 Å². The van der Waals surface area contributed by atoms with Crippen LogP contribution in [0.2, 0.25) is 0 Å². The summed E-state index contributed by atoms with van der Waals surface area (Å²) in [5.74, 6) is -0.232. The van der Waals surface area contributed by atoms with Crippen LogP contribution in [0.15, 0.2) is 0 Å². The third-order valence-electron chi connectivity index (χ3n) is 2.49. The highest BCUT2D eigenvalue weighted by Crippen LogP contribution is 2.20. The van der Waals surface area contributed by atoms with Crippen LogP contribution in [0.25, 0.3) is 0 Å². The van der Waals surface area contributed by atoms with Crippen molar-refractivity contribution in [1.82, 2.24) is 0 Å². The second kappa shape index (κ2) is 6.02. The molecule has 0 N–H and O–H groups in total. The van der Waals surface area contributed by atoms with E-state index in [2.05, 4.69) is 0 Å². The highest BCUT2D eigenvalue weighted by atomic mass is 16.6. The molecule has 14 heavy (non-hydrogen) atoms. The van der Waals surface area contributed by atoms with Crippen LogP contribution in [-0.4, -0.2) is 24.8 Å². The largest absolute Gasteiger partial charge is 0.460 e. The predicted molar refractivity (Wildman–Crippen MR) is 54.1 cm³/mol. The van der Waals surface area contributed by atoms with Gasteiger partial charge in [0.1, 0.15) is 6.10 Å². The van der Waals surface area contributed by atoms with Crippen molar-refractivity contribution in [2.75, 3.05) is 6.61 Å². The van der Waals surface area contributed by atoms with E-state index in [1.807, 2.05) is 6.92 Å². The smallest absolute Gasteiger partial charge is 0.302 e. The minimum absolute atomic E-state index is 0.116. The quantitative estimate of drug-likeness (QED) is 0.653. The lowest BCUT2D eigenvalue weighted by atomic mass is 9.98. The Morgan fingerprint density at radius 3 is 2.57 bits per heavy atom. The van der Waals surface area contributed by atoms with E-state index in [-0.39, 0.29) is 12.1 Å². The zero-order chi connectivity index (χ0) is 10.4. The van der Waals surface area contributed by atoms with Gasteiger partial charge in [-0.25, -0.2) is 0 Å². The maximum Gasteiger partial charge on any atom is 0.302 e. The van der Waals surface area contributed by atoms with Gasteiger partial charge in [0.25, 0.3) is 0 Å². The molecular weight excluding hydrogens is 180 g/mol. The molecule has 1 aliphatic rings. The zero-order valence-electron chi connectivity index (χ0n) is 9.12. The molecule has 1 rings (SSSR count). The second-order valence-corrected chi connectivity index (χ2v) is 4.01. The van der Waals surface area contributed by atoms with Gasteiger partial charge in [-0.15, -0.1) is 0 Å². The van der Waals surface area contributed by atoms with E-state index < -0.39 is 0 Å². The highest BCUT2D eigenvalue weighted by molar-refractivity contribution is 5.66. The van der Waals surface area contributed by atoms with Crippen LogP contribution in [0.5, 0.6) is 0 Å². The summed E-state index contributed by atoms with van der Waals surface area (Å²) in [5, 5.41) is 0. The molecule has 3 nitrogen and oxygen atoms in total. The molecule has 0 saturated heterocycles. The van der Waals surface area contributed by atoms with Gasteiger partial charge in [-0.05, 0) is 19.8 Å². The maximum atomic E-state index is 10.6. The van der Waals surface area contributed by atoms with Crippen LogP contribution in [-0.2, 0) is 14.3 Å². The first-order valence-corrected chi connectivity index (χ1v) is 5.47. The van der Waals surface area contributed by atoms with Crippen molar-refractivity contribution in [2.45, 2.75) is 58.2 Å². The summed E-state index contributed by atoms with van der Waals surface area (Å²) < 4.78 is 10.6. The molecule has 0 bridgehead atoms. The van der Waals surface area contributed by atoms with Gasteiger partial charge < -0.3 is 9.47 Å². The number of hydrogen-bond acceptors (Lipinski definition) is 3. The molecule has 0 heterocycles. The molecular formula is C11H20O3. The van der Waals surface area contributed by atoms with Crippen LogP contribution < -0.4 is 0 Å². The van der Waals surface area contributed by atoms with Crippen molar-refractivity contribution >= 4 is 5.97 Å². The second-order valence-electron chi connectivity index (χ2n) is 4.01. The SMILES string of the molecule is CC(=O)OC(C)COC1CCCCC1. The van der Waals surface area contributed by atoms with E-state index in [0.717, 1.165) is 12.8 Å². The minimum Gasteiger partial charge on any atom is -0.460 e. The van der Waals surface area contributed by atoms with Crippen LogP contribution in [0.1, 0.15) is 46.0 Å². The van der Waals surface area contributed by atoms with Crippen molar-refractivity contribution in [3.8, 4) is 0 Å². The molecule has 1 aliphatic carbocycles.